The molecule has 0 atom stereocenters. The Bertz CT molecular complexity index is 846. The highest BCUT2D eigenvalue weighted by atomic mass is 16.2. The van der Waals surface area contributed by atoms with Crippen LogP contribution in [0.4, 0.5) is 5.82 Å². The van der Waals surface area contributed by atoms with E-state index in [1.807, 2.05) is 30.2 Å². The van der Waals surface area contributed by atoms with Crippen molar-refractivity contribution in [1.29, 1.82) is 0 Å². The molecule has 29 heavy (non-hydrogen) atoms. The summed E-state index contributed by atoms with van der Waals surface area (Å²) in [5, 5.41) is 0. The van der Waals surface area contributed by atoms with Gasteiger partial charge in [0.15, 0.2) is 0 Å². The van der Waals surface area contributed by atoms with Crippen molar-refractivity contribution in [3.63, 3.8) is 0 Å². The number of carbonyl (C=O) groups excluding carboxylic acids is 1. The first-order valence-electron chi connectivity index (χ1n) is 11.0. The molecule has 2 aliphatic heterocycles. The first-order chi connectivity index (χ1) is 14.2. The molecular formula is C23H31N5O. The highest BCUT2D eigenvalue weighted by molar-refractivity contribution is 5.75. The van der Waals surface area contributed by atoms with Gasteiger partial charge in [-0.25, -0.2) is 9.97 Å². The summed E-state index contributed by atoms with van der Waals surface area (Å²) < 4.78 is 0. The number of carbonyl (C=O) groups is 1. The van der Waals surface area contributed by atoms with Gasteiger partial charge in [-0.15, -0.1) is 0 Å². The topological polar surface area (TPSA) is 62.2 Å². The van der Waals surface area contributed by atoms with Gasteiger partial charge in [-0.1, -0.05) is 13.0 Å². The maximum atomic E-state index is 12.0. The van der Waals surface area contributed by atoms with Crippen LogP contribution in [0.5, 0.6) is 0 Å². The van der Waals surface area contributed by atoms with E-state index in [2.05, 4.69) is 22.9 Å². The van der Waals surface area contributed by atoms with Crippen LogP contribution in [0, 0.1) is 6.92 Å². The molecule has 154 valence electrons. The van der Waals surface area contributed by atoms with E-state index in [0.29, 0.717) is 12.3 Å². The van der Waals surface area contributed by atoms with E-state index in [-0.39, 0.29) is 5.91 Å². The van der Waals surface area contributed by atoms with Crippen LogP contribution >= 0.6 is 0 Å². The van der Waals surface area contributed by atoms with Crippen molar-refractivity contribution in [2.45, 2.75) is 58.3 Å². The largest absolute Gasteiger partial charge is 0.356 e. The van der Waals surface area contributed by atoms with Crippen molar-refractivity contribution in [2.75, 3.05) is 31.1 Å². The van der Waals surface area contributed by atoms with Gasteiger partial charge in [0.1, 0.15) is 11.6 Å². The van der Waals surface area contributed by atoms with E-state index in [1.54, 1.807) is 0 Å². The van der Waals surface area contributed by atoms with Crippen LogP contribution in [0.2, 0.25) is 0 Å². The molecule has 4 rings (SSSR count). The van der Waals surface area contributed by atoms with Gasteiger partial charge in [0.2, 0.25) is 5.91 Å². The summed E-state index contributed by atoms with van der Waals surface area (Å²) in [7, 11) is 0. The number of aromatic nitrogens is 3. The highest BCUT2D eigenvalue weighted by Crippen LogP contribution is 2.32. The first kappa shape index (κ1) is 19.8. The van der Waals surface area contributed by atoms with Gasteiger partial charge >= 0.3 is 0 Å². The van der Waals surface area contributed by atoms with E-state index in [4.69, 9.17) is 9.97 Å². The fourth-order valence-corrected chi connectivity index (χ4v) is 4.52. The van der Waals surface area contributed by atoms with Crippen LogP contribution in [0.3, 0.4) is 0 Å². The Hall–Kier alpha value is -2.50. The summed E-state index contributed by atoms with van der Waals surface area (Å²) in [6.07, 6.45) is 7.50. The van der Waals surface area contributed by atoms with Crippen LogP contribution < -0.4 is 4.90 Å². The van der Waals surface area contributed by atoms with Gasteiger partial charge in [-0.2, -0.15) is 0 Å². The molecule has 0 aromatic carbocycles. The SMILES string of the molecule is CCC(=O)N1CCC(c2nc(C)c3c(n2)N(CCc2ccccn2)CCC3)CC1. The lowest BCUT2D eigenvalue weighted by molar-refractivity contribution is -0.131. The number of nitrogens with zero attached hydrogens (tertiary/aromatic N) is 5. The average Bonchev–Trinajstić information content (AvgIpc) is 2.78. The first-order valence-corrected chi connectivity index (χ1v) is 11.0. The van der Waals surface area contributed by atoms with Crippen LogP contribution in [0.15, 0.2) is 24.4 Å². The van der Waals surface area contributed by atoms with Crippen molar-refractivity contribution in [1.82, 2.24) is 19.9 Å². The Morgan fingerprint density at radius 1 is 1.17 bits per heavy atom. The van der Waals surface area contributed by atoms with Crippen molar-refractivity contribution >= 4 is 11.7 Å². The summed E-state index contributed by atoms with van der Waals surface area (Å²) >= 11 is 0. The molecule has 0 spiro atoms. The molecular weight excluding hydrogens is 362 g/mol. The monoisotopic (exact) mass is 393 g/mol. The number of amides is 1. The number of piperidine rings is 1. The van der Waals surface area contributed by atoms with E-state index in [9.17, 15) is 4.79 Å². The predicted octanol–water partition coefficient (Wildman–Crippen LogP) is 3.29. The van der Waals surface area contributed by atoms with Gasteiger partial charge in [0.25, 0.3) is 0 Å². The molecule has 0 N–H and O–H groups in total. The summed E-state index contributed by atoms with van der Waals surface area (Å²) in [5.41, 5.74) is 3.55. The molecule has 0 radical (unpaired) electrons. The van der Waals surface area contributed by atoms with E-state index < -0.39 is 0 Å². The van der Waals surface area contributed by atoms with E-state index in [0.717, 1.165) is 81.3 Å². The lowest BCUT2D eigenvalue weighted by Gasteiger charge is -2.34. The molecule has 6 heteroatoms. The summed E-state index contributed by atoms with van der Waals surface area (Å²) in [5.74, 6) is 2.70. The lowest BCUT2D eigenvalue weighted by Crippen LogP contribution is -2.38. The number of anilines is 1. The van der Waals surface area contributed by atoms with Crippen molar-refractivity contribution in [2.24, 2.45) is 0 Å². The molecule has 1 amide bonds. The molecule has 0 saturated carbocycles. The summed E-state index contributed by atoms with van der Waals surface area (Å²) in [6.45, 7) is 7.68. The predicted molar refractivity (Wildman–Crippen MR) is 114 cm³/mol. The number of rotatable bonds is 5. The summed E-state index contributed by atoms with van der Waals surface area (Å²) in [4.78, 5) is 30.8. The second-order valence-corrected chi connectivity index (χ2v) is 8.14. The Morgan fingerprint density at radius 3 is 2.72 bits per heavy atom. The highest BCUT2D eigenvalue weighted by Gasteiger charge is 2.28. The van der Waals surface area contributed by atoms with Crippen LogP contribution in [-0.4, -0.2) is 51.9 Å². The van der Waals surface area contributed by atoms with Crippen LogP contribution in [0.1, 0.15) is 61.3 Å². The maximum Gasteiger partial charge on any atom is 0.222 e. The fraction of sp³-hybridized carbons (Fsp3) is 0.565. The second kappa shape index (κ2) is 8.89. The molecule has 2 aromatic rings. The zero-order chi connectivity index (χ0) is 20.2. The quantitative estimate of drug-likeness (QED) is 0.780. The third-order valence-electron chi connectivity index (χ3n) is 6.24. The number of pyridine rings is 1. The molecule has 2 aliphatic rings. The molecule has 0 aliphatic carbocycles. The third kappa shape index (κ3) is 4.41. The average molecular weight is 394 g/mol. The Labute approximate surface area is 173 Å². The van der Waals surface area contributed by atoms with E-state index >= 15 is 0 Å². The smallest absolute Gasteiger partial charge is 0.222 e. The minimum Gasteiger partial charge on any atom is -0.356 e. The number of likely N-dealkylation sites (tertiary alicyclic amines) is 1. The Morgan fingerprint density at radius 2 is 2.00 bits per heavy atom. The van der Waals surface area contributed by atoms with Gasteiger partial charge < -0.3 is 9.80 Å². The number of hydrogen-bond acceptors (Lipinski definition) is 5. The Kier molecular flexibility index (Phi) is 6.07. The maximum absolute atomic E-state index is 12.0. The minimum absolute atomic E-state index is 0.256. The number of aryl methyl sites for hydroxylation is 1. The molecule has 0 unspecified atom stereocenters. The molecule has 4 heterocycles. The van der Waals surface area contributed by atoms with Gasteiger partial charge in [0, 0.05) is 68.1 Å². The van der Waals surface area contributed by atoms with Crippen molar-refractivity contribution in [3.8, 4) is 0 Å². The normalized spacial score (nSPS) is 17.3. The molecule has 1 saturated heterocycles. The molecule has 2 aromatic heterocycles. The minimum atomic E-state index is 0.256. The summed E-state index contributed by atoms with van der Waals surface area (Å²) in [6, 6.07) is 6.10. The molecule has 0 bridgehead atoms. The van der Waals surface area contributed by atoms with Crippen LogP contribution in [0.25, 0.3) is 0 Å². The standard InChI is InChI=1S/C23H31N5O/c1-3-21(29)27-14-9-18(10-15-27)22-25-17(2)20-8-6-13-28(23(20)26-22)16-11-19-7-4-5-12-24-19/h4-5,7,12,18H,3,6,8-11,13-16H2,1-2H3. The Balaban J connectivity index is 1.50. The van der Waals surface area contributed by atoms with Crippen molar-refractivity contribution < 1.29 is 4.79 Å². The van der Waals surface area contributed by atoms with Crippen molar-refractivity contribution in [3.05, 3.63) is 47.2 Å². The second-order valence-electron chi connectivity index (χ2n) is 8.14. The molecule has 6 nitrogen and oxygen atoms in total. The van der Waals surface area contributed by atoms with E-state index in [1.165, 1.54) is 5.56 Å². The van der Waals surface area contributed by atoms with Gasteiger partial charge in [0.05, 0.1) is 0 Å². The third-order valence-corrected chi connectivity index (χ3v) is 6.24. The van der Waals surface area contributed by atoms with Gasteiger partial charge in [-0.05, 0) is 44.7 Å². The number of fused-ring (bicyclic) bond motifs is 1. The fourth-order valence-electron chi connectivity index (χ4n) is 4.52. The van der Waals surface area contributed by atoms with Crippen LogP contribution in [-0.2, 0) is 17.6 Å². The zero-order valence-corrected chi connectivity index (χ0v) is 17.6. The molecule has 1 fully saturated rings. The number of hydrogen-bond donors (Lipinski definition) is 0. The lowest BCUT2D eigenvalue weighted by atomic mass is 9.94. The van der Waals surface area contributed by atoms with Gasteiger partial charge in [-0.3, -0.25) is 9.78 Å². The zero-order valence-electron chi connectivity index (χ0n) is 17.6.